The summed E-state index contributed by atoms with van der Waals surface area (Å²) in [6.45, 7) is 2.05. The largest absolute Gasteiger partial charge is 0.452 e. The van der Waals surface area contributed by atoms with E-state index in [1.807, 2.05) is 30.5 Å². The molecule has 4 N–H and O–H groups in total. The molecule has 148 valence electrons. The number of rotatable bonds is 3. The van der Waals surface area contributed by atoms with Crippen molar-refractivity contribution in [2.75, 3.05) is 18.8 Å². The number of benzene rings is 1. The molecule has 0 aliphatic carbocycles. The van der Waals surface area contributed by atoms with Crippen LogP contribution in [0, 0.1) is 6.20 Å². The van der Waals surface area contributed by atoms with Crippen molar-refractivity contribution in [1.29, 1.82) is 0 Å². The second-order valence-corrected chi connectivity index (χ2v) is 7.70. The van der Waals surface area contributed by atoms with E-state index in [1.165, 1.54) is 0 Å². The maximum Gasteiger partial charge on any atom is 0.360 e. The predicted molar refractivity (Wildman–Crippen MR) is 113 cm³/mol. The van der Waals surface area contributed by atoms with Gasteiger partial charge in [-0.2, -0.15) is 5.10 Å². The molecule has 8 nitrogen and oxygen atoms in total. The van der Waals surface area contributed by atoms with E-state index in [4.69, 9.17) is 10.2 Å². The number of anilines is 1. The van der Waals surface area contributed by atoms with Crippen LogP contribution in [0.15, 0.2) is 47.3 Å². The first-order valence-electron chi connectivity index (χ1n) is 10.1. The molecule has 0 spiro atoms. The van der Waals surface area contributed by atoms with E-state index < -0.39 is 0 Å². The minimum atomic E-state index is 0.377. The van der Waals surface area contributed by atoms with Crippen LogP contribution in [0.1, 0.15) is 18.9 Å². The minimum absolute atomic E-state index is 0.377. The highest BCUT2D eigenvalue weighted by Gasteiger charge is 2.19. The minimum Gasteiger partial charge on any atom is -0.452 e. The van der Waals surface area contributed by atoms with Gasteiger partial charge in [-0.05, 0) is 55.3 Å². The van der Waals surface area contributed by atoms with Gasteiger partial charge in [0.05, 0.1) is 17.3 Å². The molecule has 8 heteroatoms. The maximum absolute atomic E-state index is 6.14. The fourth-order valence-electron chi connectivity index (χ4n) is 4.20. The monoisotopic (exact) mass is 398 g/mol. The Labute approximate surface area is 172 Å². The summed E-state index contributed by atoms with van der Waals surface area (Å²) in [4.78, 5) is 4.37. The van der Waals surface area contributed by atoms with Gasteiger partial charge in [0.15, 0.2) is 11.4 Å². The number of hydrogen-bond donors (Lipinski definition) is 3. The molecule has 4 aromatic heterocycles. The lowest BCUT2D eigenvalue weighted by molar-refractivity contribution is -0.369. The first-order chi connectivity index (χ1) is 14.8. The Morgan fingerprint density at radius 2 is 2.07 bits per heavy atom. The van der Waals surface area contributed by atoms with Gasteiger partial charge in [-0.15, -0.1) is 0 Å². The van der Waals surface area contributed by atoms with Crippen molar-refractivity contribution in [2.24, 2.45) is 0 Å². The van der Waals surface area contributed by atoms with Gasteiger partial charge in [0, 0.05) is 34.5 Å². The number of nitrogen functional groups attached to an aromatic ring is 1. The van der Waals surface area contributed by atoms with Gasteiger partial charge < -0.3 is 15.5 Å². The molecule has 1 aromatic carbocycles. The number of pyridine rings is 1. The van der Waals surface area contributed by atoms with Gasteiger partial charge in [-0.3, -0.25) is 4.68 Å². The number of fused-ring (bicyclic) bond motifs is 2. The summed E-state index contributed by atoms with van der Waals surface area (Å²) in [5.74, 6) is 1.11. The number of aromatic nitrogens is 5. The number of nitrogens with one attached hydrogen (secondary N) is 2. The second-order valence-electron chi connectivity index (χ2n) is 7.70. The van der Waals surface area contributed by atoms with Gasteiger partial charge in [-0.25, -0.2) is 4.98 Å². The third-order valence-corrected chi connectivity index (χ3v) is 5.84. The first kappa shape index (κ1) is 17.1. The third kappa shape index (κ3) is 2.71. The SMILES string of the molecule is Nc1ncc(-c2cnn(C3CCNCC3)c2)c2cc(-c3ccc4[nH][n+]#cc4c3)oc12. The number of hydrogen-bond acceptors (Lipinski definition) is 5. The van der Waals surface area contributed by atoms with Gasteiger partial charge in [0.1, 0.15) is 16.7 Å². The number of aromatic amines is 1. The molecule has 5 aromatic rings. The zero-order valence-electron chi connectivity index (χ0n) is 16.2. The van der Waals surface area contributed by atoms with Crippen molar-refractivity contribution in [1.82, 2.24) is 25.2 Å². The van der Waals surface area contributed by atoms with Gasteiger partial charge in [0.25, 0.3) is 0 Å². The van der Waals surface area contributed by atoms with Gasteiger partial charge >= 0.3 is 6.20 Å². The molecule has 1 saturated heterocycles. The quantitative estimate of drug-likeness (QED) is 0.431. The van der Waals surface area contributed by atoms with Crippen molar-refractivity contribution in [3.05, 3.63) is 49.1 Å². The van der Waals surface area contributed by atoms with Crippen LogP contribution in [0.3, 0.4) is 0 Å². The van der Waals surface area contributed by atoms with Crippen molar-refractivity contribution in [3.63, 3.8) is 0 Å². The van der Waals surface area contributed by atoms with E-state index in [-0.39, 0.29) is 0 Å². The van der Waals surface area contributed by atoms with Crippen LogP contribution in [0.2, 0.25) is 0 Å². The second kappa shape index (κ2) is 6.61. The predicted octanol–water partition coefficient (Wildman–Crippen LogP) is 2.75. The van der Waals surface area contributed by atoms with Crippen molar-refractivity contribution in [3.8, 4) is 22.5 Å². The van der Waals surface area contributed by atoms with Gasteiger partial charge in [-0.1, -0.05) is 0 Å². The maximum atomic E-state index is 6.14. The Morgan fingerprint density at radius 3 is 2.97 bits per heavy atom. The molecule has 0 amide bonds. The van der Waals surface area contributed by atoms with E-state index in [0.717, 1.165) is 64.7 Å². The summed E-state index contributed by atoms with van der Waals surface area (Å²) < 4.78 is 8.20. The lowest BCUT2D eigenvalue weighted by Gasteiger charge is -2.22. The van der Waals surface area contributed by atoms with Crippen molar-refractivity contribution >= 4 is 27.7 Å². The number of furan rings is 1. The summed E-state index contributed by atoms with van der Waals surface area (Å²) >= 11 is 0. The van der Waals surface area contributed by atoms with E-state index in [1.54, 1.807) is 6.20 Å². The molecule has 0 saturated carbocycles. The summed E-state index contributed by atoms with van der Waals surface area (Å²) in [5, 5.41) is 16.7. The van der Waals surface area contributed by atoms with Crippen LogP contribution in [0.5, 0.6) is 0 Å². The Kier molecular flexibility index (Phi) is 3.76. The molecule has 0 radical (unpaired) electrons. The fourth-order valence-corrected chi connectivity index (χ4v) is 4.20. The van der Waals surface area contributed by atoms with Crippen LogP contribution < -0.4 is 16.1 Å². The topological polar surface area (TPSA) is 112 Å². The van der Waals surface area contributed by atoms with Crippen molar-refractivity contribution < 1.29 is 9.52 Å². The van der Waals surface area contributed by atoms with Crippen LogP contribution in [-0.2, 0) is 0 Å². The van der Waals surface area contributed by atoms with Crippen LogP contribution in [0.25, 0.3) is 44.3 Å². The number of nitrogens with zero attached hydrogens (tertiary/aromatic N) is 4. The summed E-state index contributed by atoms with van der Waals surface area (Å²) in [7, 11) is 0. The standard InChI is InChI=1S/C22H19N7O/c23-22-21-17(8-20(30-21)13-1-2-19-14(7-13)9-26-28-19)18(11-25-22)15-10-27-29(12-15)16-3-5-24-6-4-16/h1-2,7-8,10-12,16,24H,3-6H2,(H2,23,25)/p+1. The van der Waals surface area contributed by atoms with E-state index in [0.29, 0.717) is 17.4 Å². The highest BCUT2D eigenvalue weighted by atomic mass is 16.3. The number of piperidine rings is 1. The Bertz CT molecular complexity index is 1360. The molecule has 1 aliphatic heterocycles. The Hall–Kier alpha value is -3.83. The van der Waals surface area contributed by atoms with Crippen LogP contribution in [0.4, 0.5) is 5.82 Å². The fraction of sp³-hybridized carbons (Fsp3) is 0.227. The zero-order valence-corrected chi connectivity index (χ0v) is 16.2. The molecule has 0 unspecified atom stereocenters. The Morgan fingerprint density at radius 1 is 1.17 bits per heavy atom. The lowest BCUT2D eigenvalue weighted by atomic mass is 10.1. The molecular formula is C22H20N7O+. The van der Waals surface area contributed by atoms with Gasteiger partial charge in [0.2, 0.25) is 0 Å². The van der Waals surface area contributed by atoms with E-state index >= 15 is 0 Å². The average Bonchev–Trinajstić information content (AvgIpc) is 3.53. The zero-order chi connectivity index (χ0) is 20.1. The highest BCUT2D eigenvalue weighted by molar-refractivity contribution is 6.00. The Balaban J connectivity index is 1.44. The normalized spacial score (nSPS) is 15.1. The van der Waals surface area contributed by atoms with Crippen LogP contribution >= 0.6 is 0 Å². The smallest absolute Gasteiger partial charge is 0.360 e. The number of nitrogens with two attached hydrogens (primary N) is 1. The molecule has 1 aliphatic rings. The third-order valence-electron chi connectivity index (χ3n) is 5.84. The molecule has 0 atom stereocenters. The van der Waals surface area contributed by atoms with Crippen LogP contribution in [-0.4, -0.2) is 33.0 Å². The van der Waals surface area contributed by atoms with Crippen molar-refractivity contribution in [2.45, 2.75) is 18.9 Å². The molecule has 30 heavy (non-hydrogen) atoms. The van der Waals surface area contributed by atoms with E-state index in [2.05, 4.69) is 42.7 Å². The number of H-pyrrole nitrogens is 1. The summed E-state index contributed by atoms with van der Waals surface area (Å²) in [6.07, 6.45) is 10.9. The highest BCUT2D eigenvalue weighted by Crippen LogP contribution is 2.37. The first-order valence-corrected chi connectivity index (χ1v) is 10.1. The summed E-state index contributed by atoms with van der Waals surface area (Å²) in [5.41, 5.74) is 10.6. The lowest BCUT2D eigenvalue weighted by Crippen LogP contribution is -2.29. The molecule has 5 heterocycles. The molecule has 1 fully saturated rings. The average molecular weight is 398 g/mol. The molecular weight excluding hydrogens is 378 g/mol. The molecule has 0 bridgehead atoms. The van der Waals surface area contributed by atoms with E-state index in [9.17, 15) is 0 Å². The summed E-state index contributed by atoms with van der Waals surface area (Å²) in [6, 6.07) is 8.40. The molecule has 6 rings (SSSR count).